The second-order valence-corrected chi connectivity index (χ2v) is 6.11. The highest BCUT2D eigenvalue weighted by Gasteiger charge is 2.55. The number of nitrogens with zero attached hydrogens (tertiary/aromatic N) is 1. The molecule has 17 heavy (non-hydrogen) atoms. The molecule has 1 aromatic rings. The van der Waals surface area contributed by atoms with Crippen molar-refractivity contribution in [2.45, 2.75) is 43.9 Å². The van der Waals surface area contributed by atoms with Crippen molar-refractivity contribution in [2.75, 3.05) is 13.6 Å². The van der Waals surface area contributed by atoms with Gasteiger partial charge in [-0.1, -0.05) is 18.9 Å². The van der Waals surface area contributed by atoms with Crippen LogP contribution in [0.4, 0.5) is 0 Å². The van der Waals surface area contributed by atoms with Crippen LogP contribution in [-0.2, 0) is 5.41 Å². The van der Waals surface area contributed by atoms with Crippen LogP contribution in [0.5, 0.6) is 0 Å². The molecule has 0 saturated heterocycles. The summed E-state index contributed by atoms with van der Waals surface area (Å²) in [6, 6.07) is 4.33. The van der Waals surface area contributed by atoms with Gasteiger partial charge in [0.1, 0.15) is 0 Å². The molecule has 2 nitrogen and oxygen atoms in total. The second-order valence-electron chi connectivity index (χ2n) is 6.11. The SMILES string of the molecule is CNCC1(c2cccnc2)CC2(CCCC2)C1. The van der Waals surface area contributed by atoms with Crippen molar-refractivity contribution >= 4 is 0 Å². The van der Waals surface area contributed by atoms with Crippen molar-refractivity contribution in [1.29, 1.82) is 0 Å². The van der Waals surface area contributed by atoms with Crippen LogP contribution in [0.3, 0.4) is 0 Å². The first-order valence-corrected chi connectivity index (χ1v) is 6.84. The van der Waals surface area contributed by atoms with Crippen LogP contribution in [0.1, 0.15) is 44.1 Å². The van der Waals surface area contributed by atoms with E-state index < -0.39 is 0 Å². The summed E-state index contributed by atoms with van der Waals surface area (Å²) in [6.45, 7) is 1.10. The fourth-order valence-electron chi connectivity index (χ4n) is 4.31. The van der Waals surface area contributed by atoms with E-state index in [1.54, 1.807) is 0 Å². The normalized spacial score (nSPS) is 24.8. The van der Waals surface area contributed by atoms with Gasteiger partial charge >= 0.3 is 0 Å². The Morgan fingerprint density at radius 2 is 2.06 bits per heavy atom. The zero-order valence-electron chi connectivity index (χ0n) is 10.7. The molecule has 0 aliphatic heterocycles. The molecule has 3 rings (SSSR count). The minimum Gasteiger partial charge on any atom is -0.319 e. The van der Waals surface area contributed by atoms with Gasteiger partial charge in [-0.15, -0.1) is 0 Å². The van der Waals surface area contributed by atoms with E-state index in [1.165, 1.54) is 44.1 Å². The van der Waals surface area contributed by atoms with Gasteiger partial charge in [-0.3, -0.25) is 4.98 Å². The van der Waals surface area contributed by atoms with E-state index in [0.717, 1.165) is 6.54 Å². The second kappa shape index (κ2) is 4.09. The molecule has 1 aromatic heterocycles. The van der Waals surface area contributed by atoms with Crippen molar-refractivity contribution in [3.63, 3.8) is 0 Å². The Labute approximate surface area is 104 Å². The van der Waals surface area contributed by atoms with Gasteiger partial charge in [0.05, 0.1) is 0 Å². The summed E-state index contributed by atoms with van der Waals surface area (Å²) in [6.07, 6.45) is 12.5. The molecule has 2 aliphatic carbocycles. The summed E-state index contributed by atoms with van der Waals surface area (Å²) in [5.41, 5.74) is 2.49. The predicted molar refractivity (Wildman–Crippen MR) is 70.0 cm³/mol. The monoisotopic (exact) mass is 230 g/mol. The van der Waals surface area contributed by atoms with E-state index in [9.17, 15) is 0 Å². The number of nitrogens with one attached hydrogen (secondary N) is 1. The van der Waals surface area contributed by atoms with E-state index >= 15 is 0 Å². The first-order chi connectivity index (χ1) is 8.29. The Hall–Kier alpha value is -0.890. The van der Waals surface area contributed by atoms with Gasteiger partial charge in [-0.2, -0.15) is 0 Å². The summed E-state index contributed by atoms with van der Waals surface area (Å²) in [5, 5.41) is 3.39. The molecule has 1 N–H and O–H groups in total. The Morgan fingerprint density at radius 3 is 2.65 bits per heavy atom. The molecule has 2 heteroatoms. The zero-order chi connectivity index (χ0) is 11.8. The lowest BCUT2D eigenvalue weighted by atomic mass is 9.50. The number of hydrogen-bond acceptors (Lipinski definition) is 2. The van der Waals surface area contributed by atoms with Crippen molar-refractivity contribution in [3.8, 4) is 0 Å². The highest BCUT2D eigenvalue weighted by Crippen LogP contribution is 2.62. The average Bonchev–Trinajstić information content (AvgIpc) is 2.78. The Morgan fingerprint density at radius 1 is 1.29 bits per heavy atom. The molecule has 1 spiro atoms. The average molecular weight is 230 g/mol. The number of rotatable bonds is 3. The third-order valence-electron chi connectivity index (χ3n) is 4.88. The lowest BCUT2D eigenvalue weighted by Crippen LogP contribution is -2.53. The molecule has 2 fully saturated rings. The smallest absolute Gasteiger partial charge is 0.0306 e. The molecule has 0 radical (unpaired) electrons. The Balaban J connectivity index is 1.82. The maximum absolute atomic E-state index is 4.30. The Bertz CT molecular complexity index is 371. The molecule has 0 amide bonds. The number of hydrogen-bond donors (Lipinski definition) is 1. The van der Waals surface area contributed by atoms with E-state index in [0.29, 0.717) is 10.8 Å². The highest BCUT2D eigenvalue weighted by molar-refractivity contribution is 5.29. The van der Waals surface area contributed by atoms with Gasteiger partial charge in [0, 0.05) is 24.4 Å². The number of pyridine rings is 1. The largest absolute Gasteiger partial charge is 0.319 e. The molecule has 1 heterocycles. The summed E-state index contributed by atoms with van der Waals surface area (Å²) in [5.74, 6) is 0. The van der Waals surface area contributed by atoms with Crippen LogP contribution in [0.2, 0.25) is 0 Å². The third kappa shape index (κ3) is 1.79. The van der Waals surface area contributed by atoms with Gasteiger partial charge in [0.15, 0.2) is 0 Å². The van der Waals surface area contributed by atoms with E-state index in [-0.39, 0.29) is 0 Å². The van der Waals surface area contributed by atoms with Crippen LogP contribution in [-0.4, -0.2) is 18.6 Å². The Kier molecular flexibility index (Phi) is 2.70. The minimum atomic E-state index is 0.368. The molecule has 2 saturated carbocycles. The van der Waals surface area contributed by atoms with Gasteiger partial charge in [-0.05, 0) is 49.8 Å². The highest BCUT2D eigenvalue weighted by atomic mass is 14.9. The van der Waals surface area contributed by atoms with Crippen LogP contribution in [0.15, 0.2) is 24.5 Å². The quantitative estimate of drug-likeness (QED) is 0.863. The van der Waals surface area contributed by atoms with Crippen molar-refractivity contribution in [3.05, 3.63) is 30.1 Å². The standard InChI is InChI=1S/C15H22N2/c1-16-12-15(13-5-4-8-17-9-13)10-14(11-15)6-2-3-7-14/h4-5,8-9,16H,2-3,6-7,10-12H2,1H3. The van der Waals surface area contributed by atoms with E-state index in [2.05, 4.69) is 35.7 Å². The summed E-state index contributed by atoms with van der Waals surface area (Å²) >= 11 is 0. The molecule has 0 atom stereocenters. The van der Waals surface area contributed by atoms with Gasteiger partial charge in [0.2, 0.25) is 0 Å². The van der Waals surface area contributed by atoms with E-state index in [4.69, 9.17) is 0 Å². The fourth-order valence-corrected chi connectivity index (χ4v) is 4.31. The minimum absolute atomic E-state index is 0.368. The van der Waals surface area contributed by atoms with Gasteiger partial charge in [-0.25, -0.2) is 0 Å². The summed E-state index contributed by atoms with van der Waals surface area (Å²) < 4.78 is 0. The van der Waals surface area contributed by atoms with Crippen LogP contribution < -0.4 is 5.32 Å². The molecule has 2 aliphatic rings. The summed E-state index contributed by atoms with van der Waals surface area (Å²) in [4.78, 5) is 4.30. The van der Waals surface area contributed by atoms with Crippen molar-refractivity contribution < 1.29 is 0 Å². The fraction of sp³-hybridized carbons (Fsp3) is 0.667. The summed E-state index contributed by atoms with van der Waals surface area (Å²) in [7, 11) is 2.07. The maximum Gasteiger partial charge on any atom is 0.0306 e. The molecular formula is C15H22N2. The first-order valence-electron chi connectivity index (χ1n) is 6.84. The lowest BCUT2D eigenvalue weighted by molar-refractivity contribution is 0.0280. The molecule has 92 valence electrons. The van der Waals surface area contributed by atoms with Crippen LogP contribution >= 0.6 is 0 Å². The maximum atomic E-state index is 4.30. The van der Waals surface area contributed by atoms with Gasteiger partial charge < -0.3 is 5.32 Å². The molecule has 0 aromatic carbocycles. The molecule has 0 unspecified atom stereocenters. The van der Waals surface area contributed by atoms with Crippen LogP contribution in [0, 0.1) is 5.41 Å². The zero-order valence-corrected chi connectivity index (χ0v) is 10.7. The molecular weight excluding hydrogens is 208 g/mol. The number of aromatic nitrogens is 1. The lowest BCUT2D eigenvalue weighted by Gasteiger charge is -2.55. The third-order valence-corrected chi connectivity index (χ3v) is 4.88. The van der Waals surface area contributed by atoms with E-state index in [1.807, 2.05) is 6.20 Å². The topological polar surface area (TPSA) is 24.9 Å². The number of likely N-dealkylation sites (N-methyl/N-ethyl adjacent to an activating group) is 1. The van der Waals surface area contributed by atoms with Crippen LogP contribution in [0.25, 0.3) is 0 Å². The predicted octanol–water partition coefficient (Wildman–Crippen LogP) is 2.89. The van der Waals surface area contributed by atoms with Gasteiger partial charge in [0.25, 0.3) is 0 Å². The van der Waals surface area contributed by atoms with Crippen molar-refractivity contribution in [1.82, 2.24) is 10.3 Å². The van der Waals surface area contributed by atoms with Crippen molar-refractivity contribution in [2.24, 2.45) is 5.41 Å². The molecule has 0 bridgehead atoms. The first kappa shape index (κ1) is 11.2.